The monoisotopic (exact) mass is 410 g/mol. The van der Waals surface area contributed by atoms with E-state index >= 15 is 0 Å². The summed E-state index contributed by atoms with van der Waals surface area (Å²) in [5, 5.41) is 0. The second-order valence-electron chi connectivity index (χ2n) is 8.94. The topological polar surface area (TPSA) is 47.1 Å². The molecule has 6 heteroatoms. The predicted octanol–water partition coefficient (Wildman–Crippen LogP) is 4.75. The first-order chi connectivity index (χ1) is 13.8. The van der Waals surface area contributed by atoms with Crippen LogP contribution in [-0.2, 0) is 4.79 Å². The SMILES string of the molecule is CCCCN(CCCC)CN1C(=O)N(CN(CCCC)CCCC)C(C)(C)C1=O. The Hall–Kier alpha value is -1.14. The highest BCUT2D eigenvalue weighted by Gasteiger charge is 2.51. The third-order valence-electron chi connectivity index (χ3n) is 5.90. The van der Waals surface area contributed by atoms with Gasteiger partial charge in [0.2, 0.25) is 0 Å². The Labute approximate surface area is 179 Å². The van der Waals surface area contributed by atoms with E-state index < -0.39 is 5.54 Å². The van der Waals surface area contributed by atoms with Crippen LogP contribution in [0.3, 0.4) is 0 Å². The number of imide groups is 1. The van der Waals surface area contributed by atoms with Crippen LogP contribution in [0.1, 0.15) is 92.9 Å². The van der Waals surface area contributed by atoms with Crippen molar-refractivity contribution in [3.05, 3.63) is 0 Å². The summed E-state index contributed by atoms with van der Waals surface area (Å²) in [5.41, 5.74) is -0.783. The highest BCUT2D eigenvalue weighted by Crippen LogP contribution is 2.28. The maximum absolute atomic E-state index is 13.3. The van der Waals surface area contributed by atoms with Crippen molar-refractivity contribution in [1.82, 2.24) is 19.6 Å². The van der Waals surface area contributed by atoms with Gasteiger partial charge in [0.1, 0.15) is 5.54 Å². The molecule has 3 amide bonds. The Kier molecular flexibility index (Phi) is 11.8. The minimum Gasteiger partial charge on any atom is -0.297 e. The van der Waals surface area contributed by atoms with Crippen molar-refractivity contribution in [1.29, 1.82) is 0 Å². The molecule has 0 spiro atoms. The molecule has 0 aliphatic carbocycles. The Morgan fingerprint density at radius 2 is 1.07 bits per heavy atom. The van der Waals surface area contributed by atoms with Crippen LogP contribution in [0.25, 0.3) is 0 Å². The Morgan fingerprint density at radius 3 is 1.45 bits per heavy atom. The summed E-state index contributed by atoms with van der Waals surface area (Å²) in [6.45, 7) is 17.3. The molecule has 1 rings (SSSR count). The average Bonchev–Trinajstić information content (AvgIpc) is 2.85. The molecule has 1 saturated heterocycles. The lowest BCUT2D eigenvalue weighted by atomic mass is 10.0. The number of carbonyl (C=O) groups is 2. The van der Waals surface area contributed by atoms with E-state index in [-0.39, 0.29) is 11.9 Å². The van der Waals surface area contributed by atoms with Crippen molar-refractivity contribution in [2.24, 2.45) is 0 Å². The number of carbonyl (C=O) groups excluding carboxylic acids is 2. The molecule has 0 atom stereocenters. The minimum absolute atomic E-state index is 0.0635. The summed E-state index contributed by atoms with van der Waals surface area (Å²) in [6.07, 6.45) is 8.92. The third-order valence-corrected chi connectivity index (χ3v) is 5.90. The van der Waals surface area contributed by atoms with Gasteiger partial charge in [-0.15, -0.1) is 0 Å². The Balaban J connectivity index is 2.89. The highest BCUT2D eigenvalue weighted by atomic mass is 16.2. The smallest absolute Gasteiger partial charge is 0.297 e. The standard InChI is InChI=1S/C23H46N4O2/c1-7-11-15-24(16-12-8-2)19-26-21(28)23(5,6)27(22(26)29)20-25(17-13-9-3)18-14-10-4/h7-20H2,1-6H3. The normalized spacial score (nSPS) is 16.7. The van der Waals surface area contributed by atoms with E-state index in [4.69, 9.17) is 0 Å². The molecule has 6 nitrogen and oxygen atoms in total. The molecule has 170 valence electrons. The molecule has 0 N–H and O–H groups in total. The van der Waals surface area contributed by atoms with Gasteiger partial charge in [0.25, 0.3) is 5.91 Å². The van der Waals surface area contributed by atoms with Gasteiger partial charge in [-0.25, -0.2) is 9.69 Å². The fraction of sp³-hybridized carbons (Fsp3) is 0.913. The van der Waals surface area contributed by atoms with E-state index in [0.29, 0.717) is 13.3 Å². The molecule has 0 aromatic rings. The van der Waals surface area contributed by atoms with Crippen LogP contribution < -0.4 is 0 Å². The molecule has 0 aromatic heterocycles. The summed E-state index contributed by atoms with van der Waals surface area (Å²) < 4.78 is 0. The first-order valence-electron chi connectivity index (χ1n) is 11.9. The lowest BCUT2D eigenvalue weighted by Gasteiger charge is -2.33. The lowest BCUT2D eigenvalue weighted by molar-refractivity contribution is -0.133. The predicted molar refractivity (Wildman–Crippen MR) is 121 cm³/mol. The maximum Gasteiger partial charge on any atom is 0.329 e. The third kappa shape index (κ3) is 7.56. The van der Waals surface area contributed by atoms with Crippen molar-refractivity contribution in [3.8, 4) is 0 Å². The lowest BCUT2D eigenvalue weighted by Crippen LogP contribution is -2.50. The molecule has 1 heterocycles. The van der Waals surface area contributed by atoms with Crippen molar-refractivity contribution >= 4 is 11.9 Å². The fourth-order valence-electron chi connectivity index (χ4n) is 3.71. The van der Waals surface area contributed by atoms with Crippen molar-refractivity contribution in [2.75, 3.05) is 39.5 Å². The summed E-state index contributed by atoms with van der Waals surface area (Å²) in [6, 6.07) is -0.129. The Morgan fingerprint density at radius 1 is 0.690 bits per heavy atom. The largest absolute Gasteiger partial charge is 0.329 e. The first kappa shape index (κ1) is 25.9. The molecule has 1 aliphatic heterocycles. The molecular weight excluding hydrogens is 364 g/mol. The molecule has 0 aromatic carbocycles. The maximum atomic E-state index is 13.3. The second kappa shape index (κ2) is 13.2. The number of nitrogens with zero attached hydrogens (tertiary/aromatic N) is 4. The highest BCUT2D eigenvalue weighted by molar-refractivity contribution is 6.06. The summed E-state index contributed by atoms with van der Waals surface area (Å²) in [5.74, 6) is -0.0635. The van der Waals surface area contributed by atoms with Crippen LogP contribution >= 0.6 is 0 Å². The van der Waals surface area contributed by atoms with Crippen LogP contribution in [-0.4, -0.2) is 76.6 Å². The average molecular weight is 411 g/mol. The molecule has 1 aliphatic rings. The number of hydrogen-bond donors (Lipinski definition) is 0. The van der Waals surface area contributed by atoms with Crippen molar-refractivity contribution in [3.63, 3.8) is 0 Å². The van der Waals surface area contributed by atoms with Crippen LogP contribution in [0.5, 0.6) is 0 Å². The van der Waals surface area contributed by atoms with Crippen LogP contribution in [0.4, 0.5) is 4.79 Å². The van der Waals surface area contributed by atoms with E-state index in [9.17, 15) is 9.59 Å². The van der Waals surface area contributed by atoms with E-state index in [2.05, 4.69) is 37.5 Å². The van der Waals surface area contributed by atoms with Gasteiger partial charge in [0.05, 0.1) is 13.3 Å². The van der Waals surface area contributed by atoms with Gasteiger partial charge in [-0.1, -0.05) is 53.4 Å². The van der Waals surface area contributed by atoms with E-state index in [1.165, 1.54) is 4.90 Å². The zero-order valence-electron chi connectivity index (χ0n) is 20.0. The quantitative estimate of drug-likeness (QED) is 0.345. The number of unbranched alkanes of at least 4 members (excludes halogenated alkanes) is 4. The molecule has 0 bridgehead atoms. The summed E-state index contributed by atoms with van der Waals surface area (Å²) in [7, 11) is 0. The van der Waals surface area contributed by atoms with Gasteiger partial charge >= 0.3 is 6.03 Å². The van der Waals surface area contributed by atoms with Crippen molar-refractivity contribution in [2.45, 2.75) is 98.4 Å². The number of urea groups is 1. The number of hydrogen-bond acceptors (Lipinski definition) is 4. The molecule has 1 fully saturated rings. The van der Waals surface area contributed by atoms with Gasteiger partial charge in [0, 0.05) is 0 Å². The molecule has 0 saturated carbocycles. The Bertz CT molecular complexity index is 479. The van der Waals surface area contributed by atoms with E-state index in [1.807, 2.05) is 13.8 Å². The fourth-order valence-corrected chi connectivity index (χ4v) is 3.71. The number of rotatable bonds is 16. The van der Waals surface area contributed by atoms with E-state index in [1.54, 1.807) is 4.90 Å². The van der Waals surface area contributed by atoms with Crippen LogP contribution in [0.2, 0.25) is 0 Å². The number of amides is 3. The molecule has 29 heavy (non-hydrogen) atoms. The van der Waals surface area contributed by atoms with Crippen molar-refractivity contribution < 1.29 is 9.59 Å². The second-order valence-corrected chi connectivity index (χ2v) is 8.94. The van der Waals surface area contributed by atoms with Crippen LogP contribution in [0, 0.1) is 0 Å². The van der Waals surface area contributed by atoms with E-state index in [0.717, 1.165) is 77.5 Å². The summed E-state index contributed by atoms with van der Waals surface area (Å²) >= 11 is 0. The van der Waals surface area contributed by atoms with Gasteiger partial charge in [-0.05, 0) is 65.7 Å². The zero-order chi connectivity index (χ0) is 21.9. The van der Waals surface area contributed by atoms with Gasteiger partial charge in [0.15, 0.2) is 0 Å². The van der Waals surface area contributed by atoms with Gasteiger partial charge in [-0.2, -0.15) is 0 Å². The van der Waals surface area contributed by atoms with Gasteiger partial charge in [-0.3, -0.25) is 19.5 Å². The molecule has 0 radical (unpaired) electrons. The summed E-state index contributed by atoms with van der Waals surface area (Å²) in [4.78, 5) is 34.3. The zero-order valence-corrected chi connectivity index (χ0v) is 20.0. The van der Waals surface area contributed by atoms with Gasteiger partial charge < -0.3 is 0 Å². The minimum atomic E-state index is -0.783. The first-order valence-corrected chi connectivity index (χ1v) is 11.9. The molecule has 0 unspecified atom stereocenters. The van der Waals surface area contributed by atoms with Crippen LogP contribution in [0.15, 0.2) is 0 Å². The molecular formula is C23H46N4O2.